The average molecular weight is 261 g/mol. The van der Waals surface area contributed by atoms with Crippen LogP contribution in [0, 0.1) is 0 Å². The van der Waals surface area contributed by atoms with Crippen LogP contribution in [0.4, 0.5) is 0 Å². The van der Waals surface area contributed by atoms with Crippen LogP contribution in [0.2, 0.25) is 5.02 Å². The molecule has 0 fully saturated rings. The minimum absolute atomic E-state index is 0.0566. The molecule has 1 N–H and O–H groups in total. The molecule has 18 heavy (non-hydrogen) atoms. The molecule has 0 aliphatic rings. The Kier molecular flexibility index (Phi) is 3.36. The van der Waals surface area contributed by atoms with Gasteiger partial charge in [0.2, 0.25) is 0 Å². The van der Waals surface area contributed by atoms with Crippen LogP contribution in [0.1, 0.15) is 26.3 Å². The summed E-state index contributed by atoms with van der Waals surface area (Å²) in [6.45, 7) is 6.46. The van der Waals surface area contributed by atoms with Crippen LogP contribution in [-0.2, 0) is 5.41 Å². The molecular formula is C16H17ClO. The molecule has 0 aliphatic carbocycles. The van der Waals surface area contributed by atoms with Crippen molar-refractivity contribution in [2.45, 2.75) is 26.2 Å². The minimum atomic E-state index is 0.0566. The number of aromatic hydroxyl groups is 1. The summed E-state index contributed by atoms with van der Waals surface area (Å²) in [4.78, 5) is 0. The van der Waals surface area contributed by atoms with E-state index in [1.54, 1.807) is 6.07 Å². The van der Waals surface area contributed by atoms with E-state index in [-0.39, 0.29) is 11.2 Å². The van der Waals surface area contributed by atoms with E-state index >= 15 is 0 Å². The van der Waals surface area contributed by atoms with Gasteiger partial charge in [0.15, 0.2) is 0 Å². The Balaban J connectivity index is 2.57. The number of phenols is 1. The van der Waals surface area contributed by atoms with E-state index in [0.717, 1.165) is 11.1 Å². The van der Waals surface area contributed by atoms with Crippen LogP contribution in [0.25, 0.3) is 11.1 Å². The third kappa shape index (κ3) is 2.68. The maximum atomic E-state index is 10.0. The van der Waals surface area contributed by atoms with E-state index in [0.29, 0.717) is 5.02 Å². The first-order valence-electron chi connectivity index (χ1n) is 5.97. The van der Waals surface area contributed by atoms with Gasteiger partial charge in [-0.1, -0.05) is 50.6 Å². The summed E-state index contributed by atoms with van der Waals surface area (Å²) in [6.07, 6.45) is 0. The quantitative estimate of drug-likeness (QED) is 0.764. The van der Waals surface area contributed by atoms with Crippen molar-refractivity contribution in [2.75, 3.05) is 0 Å². The molecule has 2 aromatic carbocycles. The summed E-state index contributed by atoms with van der Waals surface area (Å²) in [6, 6.07) is 13.3. The standard InChI is InChI=1S/C16H17ClO/c1-16(2,3)12-7-8-15(18)14(10-12)11-5-4-6-13(17)9-11/h4-10,18H,1-3H3. The van der Waals surface area contributed by atoms with Crippen molar-refractivity contribution in [3.05, 3.63) is 53.1 Å². The molecule has 94 valence electrons. The van der Waals surface area contributed by atoms with Crippen molar-refractivity contribution in [1.29, 1.82) is 0 Å². The van der Waals surface area contributed by atoms with Crippen LogP contribution >= 0.6 is 11.6 Å². The maximum absolute atomic E-state index is 10.0. The number of phenolic OH excluding ortho intramolecular Hbond substituents is 1. The smallest absolute Gasteiger partial charge is 0.123 e. The third-order valence-electron chi connectivity index (χ3n) is 3.00. The van der Waals surface area contributed by atoms with Crippen LogP contribution in [0.15, 0.2) is 42.5 Å². The Labute approximate surface area is 113 Å². The van der Waals surface area contributed by atoms with Gasteiger partial charge in [0, 0.05) is 10.6 Å². The predicted molar refractivity (Wildman–Crippen MR) is 77.3 cm³/mol. The predicted octanol–water partition coefficient (Wildman–Crippen LogP) is 5.01. The van der Waals surface area contributed by atoms with E-state index in [2.05, 4.69) is 20.8 Å². The Bertz CT molecular complexity index is 568. The second kappa shape index (κ2) is 4.66. The first-order valence-corrected chi connectivity index (χ1v) is 6.35. The van der Waals surface area contributed by atoms with Crippen molar-refractivity contribution in [3.63, 3.8) is 0 Å². The zero-order valence-electron chi connectivity index (χ0n) is 10.9. The second-order valence-electron chi connectivity index (χ2n) is 5.49. The van der Waals surface area contributed by atoms with Gasteiger partial charge in [-0.3, -0.25) is 0 Å². The lowest BCUT2D eigenvalue weighted by atomic mass is 9.85. The van der Waals surface area contributed by atoms with Gasteiger partial charge in [0.05, 0.1) is 0 Å². The number of hydrogen-bond donors (Lipinski definition) is 1. The SMILES string of the molecule is CC(C)(C)c1ccc(O)c(-c2cccc(Cl)c2)c1. The molecule has 0 aliphatic heterocycles. The highest BCUT2D eigenvalue weighted by molar-refractivity contribution is 6.30. The van der Waals surface area contributed by atoms with Gasteiger partial charge < -0.3 is 5.11 Å². The topological polar surface area (TPSA) is 20.2 Å². The molecule has 2 heteroatoms. The van der Waals surface area contributed by atoms with E-state index < -0.39 is 0 Å². The fourth-order valence-corrected chi connectivity index (χ4v) is 2.08. The second-order valence-corrected chi connectivity index (χ2v) is 5.93. The summed E-state index contributed by atoms with van der Waals surface area (Å²) in [7, 11) is 0. The highest BCUT2D eigenvalue weighted by Gasteiger charge is 2.16. The molecule has 2 aromatic rings. The number of rotatable bonds is 1. The van der Waals surface area contributed by atoms with Crippen molar-refractivity contribution in [2.24, 2.45) is 0 Å². The average Bonchev–Trinajstić information content (AvgIpc) is 2.28. The zero-order valence-corrected chi connectivity index (χ0v) is 11.6. The van der Waals surface area contributed by atoms with Crippen molar-refractivity contribution >= 4 is 11.6 Å². The molecule has 0 radical (unpaired) electrons. The molecule has 0 saturated carbocycles. The summed E-state index contributed by atoms with van der Waals surface area (Å²) in [5.74, 6) is 0.283. The lowest BCUT2D eigenvalue weighted by Gasteiger charge is -2.20. The van der Waals surface area contributed by atoms with E-state index in [1.165, 1.54) is 5.56 Å². The maximum Gasteiger partial charge on any atom is 0.123 e. The number of benzene rings is 2. The Morgan fingerprint density at radius 3 is 2.33 bits per heavy atom. The van der Waals surface area contributed by atoms with E-state index in [9.17, 15) is 5.11 Å². The molecule has 0 spiro atoms. The minimum Gasteiger partial charge on any atom is -0.507 e. The van der Waals surface area contributed by atoms with Crippen LogP contribution < -0.4 is 0 Å². The van der Waals surface area contributed by atoms with E-state index in [1.807, 2.05) is 36.4 Å². The lowest BCUT2D eigenvalue weighted by Crippen LogP contribution is -2.10. The van der Waals surface area contributed by atoms with Crippen LogP contribution in [-0.4, -0.2) is 5.11 Å². The van der Waals surface area contributed by atoms with Crippen LogP contribution in [0.3, 0.4) is 0 Å². The largest absolute Gasteiger partial charge is 0.507 e. The van der Waals surface area contributed by atoms with Gasteiger partial charge >= 0.3 is 0 Å². The Hall–Kier alpha value is -1.47. The molecule has 0 bridgehead atoms. The first-order chi connectivity index (χ1) is 8.38. The summed E-state index contributed by atoms with van der Waals surface area (Å²) in [5.41, 5.74) is 3.01. The van der Waals surface area contributed by atoms with Gasteiger partial charge in [-0.25, -0.2) is 0 Å². The number of hydrogen-bond acceptors (Lipinski definition) is 1. The molecule has 0 heterocycles. The molecule has 0 aromatic heterocycles. The molecule has 0 amide bonds. The van der Waals surface area contributed by atoms with Gasteiger partial charge in [-0.15, -0.1) is 0 Å². The van der Waals surface area contributed by atoms with Gasteiger partial charge in [-0.2, -0.15) is 0 Å². The van der Waals surface area contributed by atoms with Gasteiger partial charge in [-0.05, 0) is 40.8 Å². The third-order valence-corrected chi connectivity index (χ3v) is 3.23. The van der Waals surface area contributed by atoms with Gasteiger partial charge in [0.25, 0.3) is 0 Å². The normalized spacial score (nSPS) is 11.6. The molecule has 0 atom stereocenters. The molecule has 0 unspecified atom stereocenters. The van der Waals surface area contributed by atoms with Crippen molar-refractivity contribution in [1.82, 2.24) is 0 Å². The molecular weight excluding hydrogens is 244 g/mol. The van der Waals surface area contributed by atoms with Crippen molar-refractivity contribution < 1.29 is 5.11 Å². The lowest BCUT2D eigenvalue weighted by molar-refractivity contribution is 0.476. The van der Waals surface area contributed by atoms with Gasteiger partial charge in [0.1, 0.15) is 5.75 Å². The van der Waals surface area contributed by atoms with E-state index in [4.69, 9.17) is 11.6 Å². The zero-order chi connectivity index (χ0) is 13.3. The Morgan fingerprint density at radius 2 is 1.72 bits per heavy atom. The molecule has 0 saturated heterocycles. The summed E-state index contributed by atoms with van der Waals surface area (Å²) in [5, 5.41) is 10.7. The summed E-state index contributed by atoms with van der Waals surface area (Å²) >= 11 is 6.00. The fourth-order valence-electron chi connectivity index (χ4n) is 1.89. The van der Waals surface area contributed by atoms with Crippen LogP contribution in [0.5, 0.6) is 5.75 Å². The van der Waals surface area contributed by atoms with Crippen molar-refractivity contribution in [3.8, 4) is 16.9 Å². The molecule has 2 rings (SSSR count). The number of halogens is 1. The Morgan fingerprint density at radius 1 is 1.00 bits per heavy atom. The summed E-state index contributed by atoms with van der Waals surface area (Å²) < 4.78 is 0. The highest BCUT2D eigenvalue weighted by atomic mass is 35.5. The fraction of sp³-hybridized carbons (Fsp3) is 0.250. The highest BCUT2D eigenvalue weighted by Crippen LogP contribution is 2.34. The first kappa shape index (κ1) is 13.0. The molecule has 1 nitrogen and oxygen atoms in total. The monoisotopic (exact) mass is 260 g/mol.